The minimum Gasteiger partial charge on any atom is -0.505 e. The normalized spacial score (nSPS) is 32.0. The summed E-state index contributed by atoms with van der Waals surface area (Å²) in [7, 11) is 4.13. The molecule has 0 radical (unpaired) electrons. The number of allylic oxidation sites excluding steroid dienone is 4. The van der Waals surface area contributed by atoms with Crippen LogP contribution in [0.15, 0.2) is 46.1 Å². The number of hydrogen-bond donors (Lipinski definition) is 4. The third-order valence-electron chi connectivity index (χ3n) is 7.41. The van der Waals surface area contributed by atoms with E-state index in [9.17, 15) is 29.4 Å². The van der Waals surface area contributed by atoms with Crippen LogP contribution >= 0.6 is 0 Å². The van der Waals surface area contributed by atoms with Gasteiger partial charge in [-0.3, -0.25) is 14.4 Å². The summed E-state index contributed by atoms with van der Waals surface area (Å²) >= 11 is 0. The zero-order chi connectivity index (χ0) is 31.0. The number of fused-ring (bicyclic) bond motifs is 1. The molecule has 12 heteroatoms. The summed E-state index contributed by atoms with van der Waals surface area (Å²) in [6.07, 6.45) is 0.235. The summed E-state index contributed by atoms with van der Waals surface area (Å²) in [6.45, 7) is 6.87. The molecule has 2 aliphatic rings. The van der Waals surface area contributed by atoms with Gasteiger partial charge in [0, 0.05) is 31.3 Å². The lowest BCUT2D eigenvalue weighted by molar-refractivity contribution is -0.135. The van der Waals surface area contributed by atoms with Crippen LogP contribution in [0.2, 0.25) is 0 Å². The number of methoxy groups -OCH3 is 3. The van der Waals surface area contributed by atoms with E-state index in [1.807, 2.05) is 6.92 Å². The van der Waals surface area contributed by atoms with Gasteiger partial charge in [0.15, 0.2) is 11.9 Å². The highest BCUT2D eigenvalue weighted by molar-refractivity contribution is 6.50. The SMILES string of the molecule is COC1=C2C[C@H](C)C[C@H](OC)[C@H](O)[C@H](C)/C=C(/C)[C@@H](OC(N)=O)[C@H](OC)CC/C=C(\C)C(=O)NC(=C2O)C(=O)C1=O. The van der Waals surface area contributed by atoms with Gasteiger partial charge in [-0.25, -0.2) is 4.79 Å². The summed E-state index contributed by atoms with van der Waals surface area (Å²) in [5.41, 5.74) is 5.70. The number of amides is 2. The lowest BCUT2D eigenvalue weighted by atomic mass is 9.85. The van der Waals surface area contributed by atoms with E-state index in [4.69, 9.17) is 24.7 Å². The van der Waals surface area contributed by atoms with Gasteiger partial charge in [0.05, 0.1) is 25.4 Å². The average Bonchev–Trinajstić information content (AvgIpc) is 2.92. The van der Waals surface area contributed by atoms with Crippen molar-refractivity contribution in [3.63, 3.8) is 0 Å². The molecule has 2 bridgehead atoms. The summed E-state index contributed by atoms with van der Waals surface area (Å²) in [6, 6.07) is 0. The van der Waals surface area contributed by atoms with E-state index in [-0.39, 0.29) is 29.2 Å². The summed E-state index contributed by atoms with van der Waals surface area (Å²) < 4.78 is 21.8. The summed E-state index contributed by atoms with van der Waals surface area (Å²) in [5, 5.41) is 24.6. The topological polar surface area (TPSA) is 184 Å². The van der Waals surface area contributed by atoms with Crippen molar-refractivity contribution in [1.29, 1.82) is 0 Å². The maximum Gasteiger partial charge on any atom is 0.405 e. The van der Waals surface area contributed by atoms with Gasteiger partial charge in [-0.15, -0.1) is 0 Å². The van der Waals surface area contributed by atoms with Gasteiger partial charge in [0.2, 0.25) is 0 Å². The first-order valence-electron chi connectivity index (χ1n) is 13.4. The second-order valence-electron chi connectivity index (χ2n) is 10.5. The third-order valence-corrected chi connectivity index (χ3v) is 7.41. The average molecular weight is 579 g/mol. The van der Waals surface area contributed by atoms with Gasteiger partial charge in [0.25, 0.3) is 17.5 Å². The fourth-order valence-corrected chi connectivity index (χ4v) is 5.14. The van der Waals surface area contributed by atoms with E-state index >= 15 is 0 Å². The predicted molar refractivity (Wildman–Crippen MR) is 148 cm³/mol. The molecule has 0 saturated heterocycles. The maximum absolute atomic E-state index is 12.9. The Bertz CT molecular complexity index is 1150. The molecular weight excluding hydrogens is 536 g/mol. The van der Waals surface area contributed by atoms with E-state index < -0.39 is 65.4 Å². The Morgan fingerprint density at radius 2 is 1.68 bits per heavy atom. The van der Waals surface area contributed by atoms with E-state index in [1.54, 1.807) is 26.0 Å². The first-order valence-corrected chi connectivity index (χ1v) is 13.4. The molecule has 41 heavy (non-hydrogen) atoms. The standard InChI is InChI=1S/C29H42N2O10/c1-14-11-18-23(33)21(24(34)25(35)27(18)40-7)31-28(36)15(2)9-8-10-19(38-5)26(41-29(30)37)17(4)13-16(3)22(32)20(12-14)39-6/h9,13-14,16,19-20,22,26,32-33H,8,10-12H2,1-7H3,(H2,30,37)(H,31,36)/b15-9+,17-13-/t14-,16+,19+,20-,22+,26+/m0/s1. The largest absolute Gasteiger partial charge is 0.505 e. The minimum absolute atomic E-state index is 0.0713. The molecule has 0 aromatic rings. The number of Topliss-reactive ketones (excluding diaryl/α,β-unsaturated/α-hetero) is 2. The molecule has 0 unspecified atom stereocenters. The lowest BCUT2D eigenvalue weighted by Gasteiger charge is -2.30. The van der Waals surface area contributed by atoms with E-state index in [0.717, 1.165) is 0 Å². The molecule has 1 aliphatic heterocycles. The second-order valence-corrected chi connectivity index (χ2v) is 10.5. The number of nitrogens with one attached hydrogen (secondary N) is 1. The van der Waals surface area contributed by atoms with Crippen LogP contribution < -0.4 is 11.1 Å². The molecule has 0 aromatic heterocycles. The van der Waals surface area contributed by atoms with E-state index in [0.29, 0.717) is 24.8 Å². The molecule has 228 valence electrons. The number of ether oxygens (including phenoxy) is 4. The number of nitrogens with two attached hydrogens (primary N) is 1. The van der Waals surface area contributed by atoms with Crippen LogP contribution in [-0.4, -0.2) is 79.5 Å². The Hall–Kier alpha value is -3.48. The number of hydrogen-bond acceptors (Lipinski definition) is 10. The van der Waals surface area contributed by atoms with Gasteiger partial charge in [-0.05, 0) is 51.0 Å². The number of rotatable bonds is 4. The highest BCUT2D eigenvalue weighted by Crippen LogP contribution is 2.32. The fraction of sp³-hybridized carbons (Fsp3) is 0.586. The Morgan fingerprint density at radius 3 is 2.24 bits per heavy atom. The molecular formula is C29H42N2O10. The van der Waals surface area contributed by atoms with Crippen molar-refractivity contribution < 1.29 is 48.3 Å². The Kier molecular flexibility index (Phi) is 12.3. The fourth-order valence-electron chi connectivity index (χ4n) is 5.14. The molecule has 5 N–H and O–H groups in total. The van der Waals surface area contributed by atoms with Crippen molar-refractivity contribution in [3.05, 3.63) is 46.1 Å². The van der Waals surface area contributed by atoms with Gasteiger partial charge < -0.3 is 40.2 Å². The minimum atomic E-state index is -1.10. The Balaban J connectivity index is 2.61. The quantitative estimate of drug-likeness (QED) is 0.220. The van der Waals surface area contributed by atoms with Crippen LogP contribution in [0.25, 0.3) is 0 Å². The molecule has 0 spiro atoms. The van der Waals surface area contributed by atoms with Crippen molar-refractivity contribution in [1.82, 2.24) is 5.32 Å². The van der Waals surface area contributed by atoms with Crippen molar-refractivity contribution in [2.45, 2.75) is 77.8 Å². The van der Waals surface area contributed by atoms with Crippen LogP contribution in [-0.2, 0) is 33.3 Å². The monoisotopic (exact) mass is 578 g/mol. The van der Waals surface area contributed by atoms with Crippen molar-refractivity contribution in [2.75, 3.05) is 21.3 Å². The van der Waals surface area contributed by atoms with Crippen molar-refractivity contribution in [3.8, 4) is 0 Å². The van der Waals surface area contributed by atoms with Crippen LogP contribution in [0.1, 0.15) is 53.4 Å². The number of primary amides is 1. The lowest BCUT2D eigenvalue weighted by Crippen LogP contribution is -2.38. The van der Waals surface area contributed by atoms with Crippen LogP contribution in [0, 0.1) is 11.8 Å². The van der Waals surface area contributed by atoms with Gasteiger partial charge in [0.1, 0.15) is 11.5 Å². The molecule has 0 aromatic carbocycles. The molecule has 6 atom stereocenters. The van der Waals surface area contributed by atoms with E-state index in [2.05, 4.69) is 5.32 Å². The third kappa shape index (κ3) is 8.27. The number of ketones is 2. The predicted octanol–water partition coefficient (Wildman–Crippen LogP) is 2.52. The zero-order valence-electron chi connectivity index (χ0n) is 24.7. The van der Waals surface area contributed by atoms with Crippen LogP contribution in [0.5, 0.6) is 0 Å². The van der Waals surface area contributed by atoms with Crippen LogP contribution in [0.3, 0.4) is 0 Å². The number of carbonyl (C=O) groups excluding carboxylic acids is 4. The highest BCUT2D eigenvalue weighted by Gasteiger charge is 2.38. The molecule has 1 aliphatic carbocycles. The summed E-state index contributed by atoms with van der Waals surface area (Å²) in [5.74, 6) is -4.36. The molecule has 0 fully saturated rings. The van der Waals surface area contributed by atoms with Gasteiger partial charge in [-0.1, -0.05) is 26.0 Å². The second kappa shape index (κ2) is 14.9. The zero-order valence-corrected chi connectivity index (χ0v) is 24.7. The van der Waals surface area contributed by atoms with Crippen molar-refractivity contribution in [2.24, 2.45) is 17.6 Å². The van der Waals surface area contributed by atoms with Gasteiger partial charge in [-0.2, -0.15) is 0 Å². The molecule has 12 nitrogen and oxygen atoms in total. The molecule has 0 saturated carbocycles. The first kappa shape index (κ1) is 33.7. The Labute approximate surface area is 240 Å². The summed E-state index contributed by atoms with van der Waals surface area (Å²) in [4.78, 5) is 50.3. The highest BCUT2D eigenvalue weighted by atomic mass is 16.6. The Morgan fingerprint density at radius 1 is 1.05 bits per heavy atom. The van der Waals surface area contributed by atoms with Gasteiger partial charge >= 0.3 is 6.09 Å². The number of aliphatic hydroxyl groups excluding tert-OH is 2. The maximum atomic E-state index is 12.9. The first-order chi connectivity index (χ1) is 19.3. The number of aliphatic hydroxyl groups is 2. The number of carbonyl (C=O) groups is 4. The smallest absolute Gasteiger partial charge is 0.405 e. The van der Waals surface area contributed by atoms with E-state index in [1.165, 1.54) is 28.3 Å². The molecule has 1 heterocycles. The van der Waals surface area contributed by atoms with Crippen LogP contribution in [0.4, 0.5) is 4.79 Å². The molecule has 2 amide bonds. The molecule has 2 rings (SSSR count). The van der Waals surface area contributed by atoms with Crippen molar-refractivity contribution >= 4 is 23.6 Å².